The van der Waals surface area contributed by atoms with Gasteiger partial charge in [0.25, 0.3) is 0 Å². The van der Waals surface area contributed by atoms with Crippen LogP contribution in [0.1, 0.15) is 51.5 Å². The molecule has 0 bridgehead atoms. The summed E-state index contributed by atoms with van der Waals surface area (Å²) in [7, 11) is 1.84. The lowest BCUT2D eigenvalue weighted by molar-refractivity contribution is 0.0566. The van der Waals surface area contributed by atoms with E-state index in [1.807, 2.05) is 7.11 Å². The van der Waals surface area contributed by atoms with E-state index in [2.05, 4.69) is 51.1 Å². The molecule has 0 radical (unpaired) electrons. The summed E-state index contributed by atoms with van der Waals surface area (Å²) in [6, 6.07) is 10.7. The summed E-state index contributed by atoms with van der Waals surface area (Å²) in [6.07, 6.45) is 3.41. The monoisotopic (exact) mass is 301 g/mol. The SMILES string of the molecule is CCCCC1(OC)C(C2=NC(C)(C)CO2)C1c1ccccc1. The Kier molecular flexibility index (Phi) is 4.02. The fourth-order valence-corrected chi connectivity index (χ4v) is 3.80. The van der Waals surface area contributed by atoms with Crippen LogP contribution in [0.4, 0.5) is 0 Å². The van der Waals surface area contributed by atoms with Crippen LogP contribution in [-0.4, -0.2) is 30.8 Å². The molecule has 1 aromatic carbocycles. The number of hydrogen-bond acceptors (Lipinski definition) is 3. The molecule has 3 heteroatoms. The Bertz CT molecular complexity index is 552. The molecule has 1 aliphatic heterocycles. The first-order valence-electron chi connectivity index (χ1n) is 8.37. The van der Waals surface area contributed by atoms with Crippen LogP contribution in [0.5, 0.6) is 0 Å². The van der Waals surface area contributed by atoms with Crippen molar-refractivity contribution in [2.75, 3.05) is 13.7 Å². The van der Waals surface area contributed by atoms with Gasteiger partial charge >= 0.3 is 0 Å². The van der Waals surface area contributed by atoms with Crippen LogP contribution in [0.15, 0.2) is 35.3 Å². The van der Waals surface area contributed by atoms with Gasteiger partial charge in [-0.1, -0.05) is 50.1 Å². The van der Waals surface area contributed by atoms with E-state index < -0.39 is 0 Å². The van der Waals surface area contributed by atoms with Crippen molar-refractivity contribution in [3.8, 4) is 0 Å². The van der Waals surface area contributed by atoms with E-state index in [0.717, 1.165) is 12.3 Å². The molecule has 120 valence electrons. The Morgan fingerprint density at radius 3 is 2.50 bits per heavy atom. The molecule has 1 aromatic rings. The number of hydrogen-bond donors (Lipinski definition) is 0. The van der Waals surface area contributed by atoms with Crippen molar-refractivity contribution < 1.29 is 9.47 Å². The molecule has 1 heterocycles. The number of benzene rings is 1. The van der Waals surface area contributed by atoms with Crippen molar-refractivity contribution in [1.82, 2.24) is 0 Å². The summed E-state index contributed by atoms with van der Waals surface area (Å²) in [5.74, 6) is 1.52. The zero-order chi connectivity index (χ0) is 15.8. The second kappa shape index (κ2) is 5.69. The molecule has 0 amide bonds. The smallest absolute Gasteiger partial charge is 0.190 e. The lowest BCUT2D eigenvalue weighted by Crippen LogP contribution is -2.20. The summed E-state index contributed by atoms with van der Waals surface area (Å²) < 4.78 is 12.0. The third-order valence-corrected chi connectivity index (χ3v) is 4.99. The van der Waals surface area contributed by atoms with Gasteiger partial charge in [-0.3, -0.25) is 0 Å². The van der Waals surface area contributed by atoms with Crippen LogP contribution < -0.4 is 0 Å². The topological polar surface area (TPSA) is 30.8 Å². The van der Waals surface area contributed by atoms with Crippen LogP contribution >= 0.6 is 0 Å². The molecule has 22 heavy (non-hydrogen) atoms. The predicted molar refractivity (Wildman–Crippen MR) is 89.4 cm³/mol. The molecule has 0 saturated heterocycles. The number of rotatable bonds is 6. The van der Waals surface area contributed by atoms with Crippen LogP contribution in [0.3, 0.4) is 0 Å². The van der Waals surface area contributed by atoms with Gasteiger partial charge in [-0.2, -0.15) is 0 Å². The fourth-order valence-electron chi connectivity index (χ4n) is 3.80. The van der Waals surface area contributed by atoms with Gasteiger partial charge in [0, 0.05) is 13.0 Å². The second-order valence-corrected chi connectivity index (χ2v) is 7.18. The van der Waals surface area contributed by atoms with Gasteiger partial charge < -0.3 is 9.47 Å². The van der Waals surface area contributed by atoms with E-state index in [1.165, 1.54) is 18.4 Å². The van der Waals surface area contributed by atoms with Crippen molar-refractivity contribution in [2.24, 2.45) is 10.9 Å². The normalized spacial score (nSPS) is 32.5. The maximum Gasteiger partial charge on any atom is 0.190 e. The van der Waals surface area contributed by atoms with Crippen LogP contribution in [0.2, 0.25) is 0 Å². The molecule has 0 N–H and O–H groups in total. The van der Waals surface area contributed by atoms with Crippen molar-refractivity contribution in [1.29, 1.82) is 0 Å². The van der Waals surface area contributed by atoms with Crippen molar-refractivity contribution in [2.45, 2.75) is 57.1 Å². The van der Waals surface area contributed by atoms with Gasteiger partial charge in [0.1, 0.15) is 6.61 Å². The maximum absolute atomic E-state index is 6.05. The highest BCUT2D eigenvalue weighted by Crippen LogP contribution is 2.63. The van der Waals surface area contributed by atoms with E-state index in [4.69, 9.17) is 14.5 Å². The quantitative estimate of drug-likeness (QED) is 0.789. The summed E-state index contributed by atoms with van der Waals surface area (Å²) >= 11 is 0. The first-order chi connectivity index (χ1) is 10.5. The molecule has 1 saturated carbocycles. The van der Waals surface area contributed by atoms with Crippen LogP contribution in [0, 0.1) is 5.92 Å². The van der Waals surface area contributed by atoms with E-state index in [-0.39, 0.29) is 17.1 Å². The van der Waals surface area contributed by atoms with Gasteiger partial charge in [0.2, 0.25) is 0 Å². The molecular weight excluding hydrogens is 274 g/mol. The Hall–Kier alpha value is -1.35. The number of nitrogens with zero attached hydrogens (tertiary/aromatic N) is 1. The molecule has 1 aliphatic carbocycles. The molecule has 1 fully saturated rings. The number of methoxy groups -OCH3 is 1. The minimum atomic E-state index is -0.142. The number of aliphatic imine (C=N–C) groups is 1. The molecule has 3 unspecified atom stereocenters. The van der Waals surface area contributed by atoms with Gasteiger partial charge in [0.05, 0.1) is 17.1 Å². The average Bonchev–Trinajstić information content (AvgIpc) is 3.06. The minimum absolute atomic E-state index is 0.108. The van der Waals surface area contributed by atoms with E-state index in [1.54, 1.807) is 0 Å². The Labute approximate surface area is 133 Å². The lowest BCUT2D eigenvalue weighted by atomic mass is 10.0. The zero-order valence-electron chi connectivity index (χ0n) is 14.1. The molecule has 3 rings (SSSR count). The second-order valence-electron chi connectivity index (χ2n) is 7.18. The summed E-state index contributed by atoms with van der Waals surface area (Å²) in [4.78, 5) is 4.82. The van der Waals surface area contributed by atoms with E-state index in [0.29, 0.717) is 12.5 Å². The largest absolute Gasteiger partial charge is 0.478 e. The van der Waals surface area contributed by atoms with Gasteiger partial charge in [-0.05, 0) is 25.8 Å². The number of unbranched alkanes of at least 4 members (excludes halogenated alkanes) is 1. The summed E-state index contributed by atoms with van der Waals surface area (Å²) in [5, 5.41) is 0. The zero-order valence-corrected chi connectivity index (χ0v) is 14.1. The average molecular weight is 301 g/mol. The first-order valence-corrected chi connectivity index (χ1v) is 8.37. The Morgan fingerprint density at radius 1 is 1.23 bits per heavy atom. The van der Waals surface area contributed by atoms with E-state index >= 15 is 0 Å². The first kappa shape index (κ1) is 15.5. The van der Waals surface area contributed by atoms with Crippen LogP contribution in [0.25, 0.3) is 0 Å². The predicted octanol–water partition coefficient (Wildman–Crippen LogP) is 4.18. The molecule has 3 nitrogen and oxygen atoms in total. The highest BCUT2D eigenvalue weighted by molar-refractivity contribution is 5.87. The Morgan fingerprint density at radius 2 is 1.95 bits per heavy atom. The van der Waals surface area contributed by atoms with E-state index in [9.17, 15) is 0 Å². The van der Waals surface area contributed by atoms with Gasteiger partial charge in [0.15, 0.2) is 5.90 Å². The molecule has 0 aromatic heterocycles. The molecule has 0 spiro atoms. The summed E-state index contributed by atoms with van der Waals surface area (Å²) in [6.45, 7) is 7.15. The molecular formula is C19H27NO2. The highest BCUT2D eigenvalue weighted by atomic mass is 16.5. The van der Waals surface area contributed by atoms with Crippen molar-refractivity contribution in [3.05, 3.63) is 35.9 Å². The van der Waals surface area contributed by atoms with Gasteiger partial charge in [-0.15, -0.1) is 0 Å². The van der Waals surface area contributed by atoms with Crippen molar-refractivity contribution in [3.63, 3.8) is 0 Å². The third-order valence-electron chi connectivity index (χ3n) is 4.99. The molecule has 3 atom stereocenters. The van der Waals surface area contributed by atoms with Gasteiger partial charge in [-0.25, -0.2) is 4.99 Å². The van der Waals surface area contributed by atoms with Crippen LogP contribution in [-0.2, 0) is 9.47 Å². The third kappa shape index (κ3) is 2.56. The summed E-state index contributed by atoms with van der Waals surface area (Å²) in [5.41, 5.74) is 1.08. The van der Waals surface area contributed by atoms with Crippen molar-refractivity contribution >= 4 is 5.90 Å². The number of ether oxygens (including phenoxy) is 2. The maximum atomic E-state index is 6.05. The lowest BCUT2D eigenvalue weighted by Gasteiger charge is -2.16. The highest BCUT2D eigenvalue weighted by Gasteiger charge is 2.69. The Balaban J connectivity index is 1.92. The fraction of sp³-hybridized carbons (Fsp3) is 0.632. The standard InChI is InChI=1S/C19H27NO2/c1-5-6-12-19(21-4)15(14-10-8-7-9-11-14)16(19)17-20-18(2,3)13-22-17/h7-11,15-16H,5-6,12-13H2,1-4H3. The minimum Gasteiger partial charge on any atom is -0.478 e. The molecule has 2 aliphatic rings.